The van der Waals surface area contributed by atoms with Gasteiger partial charge in [0.1, 0.15) is 0 Å². The van der Waals surface area contributed by atoms with Gasteiger partial charge in [-0.25, -0.2) is 0 Å². The van der Waals surface area contributed by atoms with E-state index >= 15 is 13.2 Å². The molecule has 2 heterocycles. The highest BCUT2D eigenvalue weighted by atomic mass is 19.4. The van der Waals surface area contributed by atoms with Gasteiger partial charge < -0.3 is 9.13 Å². The predicted molar refractivity (Wildman–Crippen MR) is 191 cm³/mol. The minimum atomic E-state index is -5.55. The van der Waals surface area contributed by atoms with Crippen LogP contribution in [0.3, 0.4) is 0 Å². The van der Waals surface area contributed by atoms with Gasteiger partial charge in [0, 0.05) is 27.1 Å². The van der Waals surface area contributed by atoms with Crippen LogP contribution < -0.4 is 0 Å². The molecule has 0 aliphatic heterocycles. The molecule has 0 radical (unpaired) electrons. The quantitative estimate of drug-likeness (QED) is 0.156. The molecule has 2 nitrogen and oxygen atoms in total. The van der Waals surface area contributed by atoms with E-state index in [0.29, 0.717) is 69.8 Å². The molecule has 0 unspecified atom stereocenters. The van der Waals surface area contributed by atoms with E-state index in [0.717, 1.165) is 36.4 Å². The highest BCUT2D eigenvalue weighted by molar-refractivity contribution is 6.12. The SMILES string of the molecule is FC(F)(F)c1cccc(-c2c(-n3c4cc(C(F)(F)F)ccc4c4ccc(C(F)(F)F)cc43)cc(C(F)(F)F)cc2-n2c3cc(C(F)(F)F)ccc3c3ccc(C(F)(F)F)cc32)c1. The third kappa shape index (κ3) is 7.21. The molecular formula is C42H18F18N2. The van der Waals surface area contributed by atoms with Crippen LogP contribution in [0.2, 0.25) is 0 Å². The molecule has 20 heteroatoms. The number of halogens is 18. The normalized spacial score (nSPS) is 13.6. The molecule has 0 N–H and O–H groups in total. The van der Waals surface area contributed by atoms with Crippen LogP contribution in [0.4, 0.5) is 79.0 Å². The van der Waals surface area contributed by atoms with Gasteiger partial charge in [0.25, 0.3) is 0 Å². The van der Waals surface area contributed by atoms with Crippen LogP contribution in [-0.2, 0) is 37.1 Å². The van der Waals surface area contributed by atoms with Gasteiger partial charge in [0.2, 0.25) is 0 Å². The summed E-state index contributed by atoms with van der Waals surface area (Å²) in [6, 6.07) is 9.59. The molecule has 6 aromatic carbocycles. The molecule has 0 aliphatic rings. The molecule has 0 spiro atoms. The van der Waals surface area contributed by atoms with Crippen molar-refractivity contribution in [2.24, 2.45) is 0 Å². The predicted octanol–water partition coefficient (Wildman–Crippen LogP) is 15.7. The van der Waals surface area contributed by atoms with E-state index in [1.54, 1.807) is 0 Å². The van der Waals surface area contributed by atoms with Gasteiger partial charge in [-0.05, 0) is 78.4 Å². The molecule has 0 aliphatic carbocycles. The Morgan fingerprint density at radius 1 is 0.274 bits per heavy atom. The van der Waals surface area contributed by atoms with Crippen LogP contribution in [0.15, 0.2) is 109 Å². The van der Waals surface area contributed by atoms with Crippen LogP contribution in [0.1, 0.15) is 33.4 Å². The van der Waals surface area contributed by atoms with E-state index in [4.69, 9.17) is 0 Å². The Kier molecular flexibility index (Phi) is 9.28. The van der Waals surface area contributed by atoms with E-state index in [2.05, 4.69) is 0 Å². The van der Waals surface area contributed by atoms with Crippen LogP contribution in [0.25, 0.3) is 66.1 Å². The highest BCUT2D eigenvalue weighted by Crippen LogP contribution is 2.48. The molecule has 0 fully saturated rings. The van der Waals surface area contributed by atoms with Gasteiger partial charge in [0.15, 0.2) is 0 Å². The Balaban J connectivity index is 1.68. The van der Waals surface area contributed by atoms with Crippen molar-refractivity contribution in [2.45, 2.75) is 37.1 Å². The minimum absolute atomic E-state index is 0.203. The fourth-order valence-corrected chi connectivity index (χ4v) is 7.54. The molecule has 2 aromatic heterocycles. The second-order valence-corrected chi connectivity index (χ2v) is 14.1. The summed E-state index contributed by atoms with van der Waals surface area (Å²) in [5.74, 6) is 0. The van der Waals surface area contributed by atoms with Gasteiger partial charge in [-0.2, -0.15) is 79.0 Å². The molecule has 0 amide bonds. The summed E-state index contributed by atoms with van der Waals surface area (Å²) in [7, 11) is 0. The Labute approximate surface area is 333 Å². The van der Waals surface area contributed by atoms with Gasteiger partial charge in [0.05, 0.1) is 66.8 Å². The lowest BCUT2D eigenvalue weighted by molar-refractivity contribution is -0.138. The number of aromatic nitrogens is 2. The summed E-state index contributed by atoms with van der Waals surface area (Å²) in [4.78, 5) is 0. The number of hydrogen-bond acceptors (Lipinski definition) is 0. The van der Waals surface area contributed by atoms with Crippen molar-refractivity contribution >= 4 is 43.6 Å². The third-order valence-corrected chi connectivity index (χ3v) is 10.2. The summed E-state index contributed by atoms with van der Waals surface area (Å²) in [6.07, 6.45) is -31.5. The first-order valence-electron chi connectivity index (χ1n) is 17.4. The van der Waals surface area contributed by atoms with E-state index < -0.39 is 115 Å². The number of benzene rings is 6. The monoisotopic (exact) mass is 892 g/mol. The van der Waals surface area contributed by atoms with Crippen LogP contribution in [0, 0.1) is 0 Å². The van der Waals surface area contributed by atoms with E-state index in [9.17, 15) is 65.9 Å². The van der Waals surface area contributed by atoms with Gasteiger partial charge in [-0.3, -0.25) is 0 Å². The molecule has 322 valence electrons. The smallest absolute Gasteiger partial charge is 0.308 e. The van der Waals surface area contributed by atoms with Gasteiger partial charge >= 0.3 is 37.1 Å². The van der Waals surface area contributed by atoms with Crippen molar-refractivity contribution in [3.05, 3.63) is 143 Å². The summed E-state index contributed by atoms with van der Waals surface area (Å²) in [5.41, 5.74) is -15.8. The van der Waals surface area contributed by atoms with Crippen LogP contribution >= 0.6 is 0 Å². The lowest BCUT2D eigenvalue weighted by Crippen LogP contribution is -2.12. The maximum Gasteiger partial charge on any atom is 0.416 e. The average Bonchev–Trinajstić information content (AvgIpc) is 3.66. The minimum Gasteiger partial charge on any atom is -0.308 e. The lowest BCUT2D eigenvalue weighted by atomic mass is 9.96. The second kappa shape index (κ2) is 13.6. The number of rotatable bonds is 3. The summed E-state index contributed by atoms with van der Waals surface area (Å²) in [6.45, 7) is 0. The zero-order chi connectivity index (χ0) is 45.3. The first-order valence-corrected chi connectivity index (χ1v) is 17.4. The maximum absolute atomic E-state index is 15.2. The van der Waals surface area contributed by atoms with Crippen molar-refractivity contribution in [2.75, 3.05) is 0 Å². The molecule has 0 saturated heterocycles. The largest absolute Gasteiger partial charge is 0.416 e. The molecule has 62 heavy (non-hydrogen) atoms. The number of fused-ring (bicyclic) bond motifs is 6. The molecule has 8 aromatic rings. The lowest BCUT2D eigenvalue weighted by Gasteiger charge is -2.23. The molecule has 8 rings (SSSR count). The summed E-state index contributed by atoms with van der Waals surface area (Å²) in [5, 5.41) is -1.18. The zero-order valence-electron chi connectivity index (χ0n) is 30.1. The summed E-state index contributed by atoms with van der Waals surface area (Å²) < 4.78 is 260. The first-order chi connectivity index (χ1) is 28.5. The highest BCUT2D eigenvalue weighted by Gasteiger charge is 2.39. The molecule has 0 saturated carbocycles. The number of nitrogens with zero attached hydrogens (tertiary/aromatic N) is 2. The van der Waals surface area contributed by atoms with Crippen molar-refractivity contribution in [1.82, 2.24) is 9.13 Å². The topological polar surface area (TPSA) is 9.86 Å². The fraction of sp³-hybridized carbons (Fsp3) is 0.143. The average molecular weight is 893 g/mol. The number of alkyl halides is 18. The standard InChI is InChI=1S/C42H18F18N2/c43-37(44,45)20-3-1-2-19(12-20)36-34(61-30-13-21(38(46,47)48)4-8-26(30)27-9-5-22(14-31(27)61)39(49,50)51)17-25(42(58,59)60)18-35(36)62-32-15-23(40(52,53)54)6-10-28(32)29-11-7-24(16-33(29)62)41(55,56)57/h1-18H. The maximum atomic E-state index is 15.2. The second-order valence-electron chi connectivity index (χ2n) is 14.1. The Morgan fingerprint density at radius 3 is 0.823 bits per heavy atom. The van der Waals surface area contributed by atoms with E-state index in [1.807, 2.05) is 0 Å². The first kappa shape index (κ1) is 42.4. The Bertz CT molecular complexity index is 2780. The molecule has 0 atom stereocenters. The zero-order valence-corrected chi connectivity index (χ0v) is 30.1. The van der Waals surface area contributed by atoms with Crippen molar-refractivity contribution in [1.29, 1.82) is 0 Å². The van der Waals surface area contributed by atoms with Crippen molar-refractivity contribution in [3.8, 4) is 22.5 Å². The fourth-order valence-electron chi connectivity index (χ4n) is 7.54. The van der Waals surface area contributed by atoms with Crippen molar-refractivity contribution < 1.29 is 79.0 Å². The Hall–Kier alpha value is -6.34. The van der Waals surface area contributed by atoms with Crippen molar-refractivity contribution in [3.63, 3.8) is 0 Å². The van der Waals surface area contributed by atoms with Gasteiger partial charge in [-0.1, -0.05) is 36.4 Å². The molecule has 0 bridgehead atoms. The van der Waals surface area contributed by atoms with E-state index in [1.165, 1.54) is 0 Å². The Morgan fingerprint density at radius 2 is 0.548 bits per heavy atom. The van der Waals surface area contributed by atoms with Crippen LogP contribution in [-0.4, -0.2) is 9.13 Å². The molecular weight excluding hydrogens is 874 g/mol. The van der Waals surface area contributed by atoms with Gasteiger partial charge in [-0.15, -0.1) is 0 Å². The van der Waals surface area contributed by atoms with Crippen LogP contribution in [0.5, 0.6) is 0 Å². The third-order valence-electron chi connectivity index (χ3n) is 10.2. The summed E-state index contributed by atoms with van der Waals surface area (Å²) >= 11 is 0. The van der Waals surface area contributed by atoms with E-state index in [-0.39, 0.29) is 33.7 Å². The number of hydrogen-bond donors (Lipinski definition) is 0.